The molecule has 1 atom stereocenters. The van der Waals surface area contributed by atoms with Gasteiger partial charge in [0.25, 0.3) is 0 Å². The summed E-state index contributed by atoms with van der Waals surface area (Å²) < 4.78 is 7.24. The van der Waals surface area contributed by atoms with E-state index in [1.807, 2.05) is 36.5 Å². The summed E-state index contributed by atoms with van der Waals surface area (Å²) in [7, 11) is 3.62. The number of likely N-dealkylation sites (tertiary alicyclic amines) is 1. The maximum Gasteiger partial charge on any atom is 0.222 e. The monoisotopic (exact) mass is 341 g/mol. The Kier molecular flexibility index (Phi) is 5.74. The van der Waals surface area contributed by atoms with Crippen LogP contribution in [0.5, 0.6) is 5.75 Å². The zero-order valence-corrected chi connectivity index (χ0v) is 15.1. The predicted molar refractivity (Wildman–Crippen MR) is 97.5 cm³/mol. The van der Waals surface area contributed by atoms with Gasteiger partial charge in [-0.25, -0.2) is 0 Å². The number of nitrogens with zero attached hydrogens (tertiary/aromatic N) is 3. The molecule has 5 heteroatoms. The molecule has 134 valence electrons. The standard InChI is InChI=1S/C20H27N3O2/c1-22-14-17(13-21-22)9-10-20(24)23-11-5-6-16(15-23)12-18-7-3-4-8-19(18)25-2/h3-4,7-8,13-14,16H,5-6,9-12,15H2,1-2H3. The molecule has 2 aromatic rings. The van der Waals surface area contributed by atoms with Gasteiger partial charge in [-0.3, -0.25) is 9.48 Å². The van der Waals surface area contributed by atoms with Crippen molar-refractivity contribution in [1.82, 2.24) is 14.7 Å². The van der Waals surface area contributed by atoms with E-state index in [-0.39, 0.29) is 5.91 Å². The van der Waals surface area contributed by atoms with Crippen molar-refractivity contribution in [2.45, 2.75) is 32.1 Å². The lowest BCUT2D eigenvalue weighted by molar-refractivity contribution is -0.132. The number of aromatic nitrogens is 2. The van der Waals surface area contributed by atoms with Gasteiger partial charge in [-0.2, -0.15) is 5.10 Å². The lowest BCUT2D eigenvalue weighted by Gasteiger charge is -2.33. The number of methoxy groups -OCH3 is 1. The van der Waals surface area contributed by atoms with Gasteiger partial charge in [-0.1, -0.05) is 18.2 Å². The van der Waals surface area contributed by atoms with Gasteiger partial charge in [0.15, 0.2) is 0 Å². The van der Waals surface area contributed by atoms with Crippen LogP contribution in [0.15, 0.2) is 36.7 Å². The van der Waals surface area contributed by atoms with Crippen molar-refractivity contribution in [3.63, 3.8) is 0 Å². The molecule has 0 N–H and O–H groups in total. The summed E-state index contributed by atoms with van der Waals surface area (Å²) in [5, 5.41) is 4.16. The van der Waals surface area contributed by atoms with Crippen LogP contribution in [0, 0.1) is 5.92 Å². The van der Waals surface area contributed by atoms with E-state index in [4.69, 9.17) is 4.74 Å². The fourth-order valence-corrected chi connectivity index (χ4v) is 3.65. The molecular formula is C20H27N3O2. The highest BCUT2D eigenvalue weighted by Crippen LogP contribution is 2.26. The van der Waals surface area contributed by atoms with Crippen LogP contribution in [0.2, 0.25) is 0 Å². The van der Waals surface area contributed by atoms with Crippen molar-refractivity contribution in [1.29, 1.82) is 0 Å². The molecule has 1 aliphatic heterocycles. The van der Waals surface area contributed by atoms with Crippen molar-refractivity contribution < 1.29 is 9.53 Å². The summed E-state index contributed by atoms with van der Waals surface area (Å²) in [5.41, 5.74) is 2.36. The third-order valence-corrected chi connectivity index (χ3v) is 4.96. The van der Waals surface area contributed by atoms with Crippen LogP contribution in [0.25, 0.3) is 0 Å². The van der Waals surface area contributed by atoms with E-state index in [1.165, 1.54) is 12.0 Å². The Morgan fingerprint density at radius 1 is 1.36 bits per heavy atom. The van der Waals surface area contributed by atoms with Crippen molar-refractivity contribution in [3.05, 3.63) is 47.8 Å². The van der Waals surface area contributed by atoms with Crippen molar-refractivity contribution in [2.75, 3.05) is 20.2 Å². The molecular weight excluding hydrogens is 314 g/mol. The van der Waals surface area contributed by atoms with Crippen LogP contribution in [0.1, 0.15) is 30.4 Å². The van der Waals surface area contributed by atoms with Crippen LogP contribution < -0.4 is 4.74 Å². The molecule has 1 aliphatic rings. The number of rotatable bonds is 6. The Morgan fingerprint density at radius 3 is 2.96 bits per heavy atom. The molecule has 1 saturated heterocycles. The lowest BCUT2D eigenvalue weighted by Crippen LogP contribution is -2.40. The summed E-state index contributed by atoms with van der Waals surface area (Å²) in [6.07, 6.45) is 8.37. The second-order valence-corrected chi connectivity index (χ2v) is 6.89. The second-order valence-electron chi connectivity index (χ2n) is 6.89. The van der Waals surface area contributed by atoms with Gasteiger partial charge in [-0.15, -0.1) is 0 Å². The van der Waals surface area contributed by atoms with Crippen LogP contribution in [0.3, 0.4) is 0 Å². The molecule has 0 radical (unpaired) electrons. The largest absolute Gasteiger partial charge is 0.496 e. The van der Waals surface area contributed by atoms with Gasteiger partial charge >= 0.3 is 0 Å². The molecule has 5 nitrogen and oxygen atoms in total. The van der Waals surface area contributed by atoms with E-state index in [0.29, 0.717) is 12.3 Å². The number of carbonyl (C=O) groups is 1. The number of amides is 1. The lowest BCUT2D eigenvalue weighted by atomic mass is 9.90. The topological polar surface area (TPSA) is 47.4 Å². The average Bonchev–Trinajstić information content (AvgIpc) is 3.06. The Balaban J connectivity index is 1.54. The molecule has 0 aliphatic carbocycles. The highest BCUT2D eigenvalue weighted by molar-refractivity contribution is 5.76. The molecule has 0 saturated carbocycles. The maximum absolute atomic E-state index is 12.6. The van der Waals surface area contributed by atoms with Gasteiger partial charge in [0.1, 0.15) is 5.75 Å². The Morgan fingerprint density at radius 2 is 2.20 bits per heavy atom. The van der Waals surface area contributed by atoms with E-state index in [1.54, 1.807) is 11.8 Å². The van der Waals surface area contributed by atoms with Crippen molar-refractivity contribution >= 4 is 5.91 Å². The quantitative estimate of drug-likeness (QED) is 0.812. The van der Waals surface area contributed by atoms with Gasteiger partial charge in [-0.05, 0) is 48.8 Å². The molecule has 25 heavy (non-hydrogen) atoms. The van der Waals surface area contributed by atoms with Crippen LogP contribution in [-0.4, -0.2) is 40.8 Å². The third-order valence-electron chi connectivity index (χ3n) is 4.96. The Hall–Kier alpha value is -2.30. The number of hydrogen-bond acceptors (Lipinski definition) is 3. The third kappa shape index (κ3) is 4.62. The van der Waals surface area contributed by atoms with E-state index in [2.05, 4.69) is 17.2 Å². The minimum atomic E-state index is 0.258. The van der Waals surface area contributed by atoms with Gasteiger partial charge in [0.05, 0.1) is 13.3 Å². The first kappa shape index (κ1) is 17.5. The van der Waals surface area contributed by atoms with Gasteiger partial charge < -0.3 is 9.64 Å². The Labute approximate surface area is 149 Å². The molecule has 1 amide bonds. The summed E-state index contributed by atoms with van der Waals surface area (Å²) >= 11 is 0. The summed E-state index contributed by atoms with van der Waals surface area (Å²) in [6.45, 7) is 1.73. The minimum Gasteiger partial charge on any atom is -0.496 e. The van der Waals surface area contributed by atoms with E-state index >= 15 is 0 Å². The average molecular weight is 341 g/mol. The number of aryl methyl sites for hydroxylation is 2. The molecule has 1 aromatic carbocycles. The number of para-hydroxylation sites is 1. The van der Waals surface area contributed by atoms with E-state index in [9.17, 15) is 4.79 Å². The van der Waals surface area contributed by atoms with Crippen LogP contribution in [0.4, 0.5) is 0 Å². The summed E-state index contributed by atoms with van der Waals surface area (Å²) in [6, 6.07) is 8.19. The van der Waals surface area contributed by atoms with Gasteiger partial charge in [0, 0.05) is 32.8 Å². The first-order valence-electron chi connectivity index (χ1n) is 9.03. The fourth-order valence-electron chi connectivity index (χ4n) is 3.65. The maximum atomic E-state index is 12.6. The molecule has 1 fully saturated rings. The molecule has 3 rings (SSSR count). The Bertz CT molecular complexity index is 710. The predicted octanol–water partition coefficient (Wildman–Crippen LogP) is 2.84. The van der Waals surface area contributed by atoms with E-state index < -0.39 is 0 Å². The molecule has 0 bridgehead atoms. The number of ether oxygens (including phenoxy) is 1. The highest BCUT2D eigenvalue weighted by Gasteiger charge is 2.24. The first-order valence-corrected chi connectivity index (χ1v) is 9.03. The van der Waals surface area contributed by atoms with E-state index in [0.717, 1.165) is 43.7 Å². The molecule has 1 unspecified atom stereocenters. The minimum absolute atomic E-state index is 0.258. The first-order chi connectivity index (χ1) is 12.2. The molecule has 0 spiro atoms. The number of piperidine rings is 1. The summed E-state index contributed by atoms with van der Waals surface area (Å²) in [4.78, 5) is 14.6. The zero-order chi connectivity index (χ0) is 17.6. The fraction of sp³-hybridized carbons (Fsp3) is 0.500. The molecule has 1 aromatic heterocycles. The van der Waals surface area contributed by atoms with Gasteiger partial charge in [0.2, 0.25) is 5.91 Å². The second kappa shape index (κ2) is 8.19. The van der Waals surface area contributed by atoms with Crippen molar-refractivity contribution in [2.24, 2.45) is 13.0 Å². The normalized spacial score (nSPS) is 17.5. The van der Waals surface area contributed by atoms with Crippen LogP contribution in [-0.2, 0) is 24.7 Å². The SMILES string of the molecule is COc1ccccc1CC1CCCN(C(=O)CCc2cnn(C)c2)C1. The highest BCUT2D eigenvalue weighted by atomic mass is 16.5. The van der Waals surface area contributed by atoms with Crippen molar-refractivity contribution in [3.8, 4) is 5.75 Å². The summed E-state index contributed by atoms with van der Waals surface area (Å²) in [5.74, 6) is 1.71. The number of benzene rings is 1. The smallest absolute Gasteiger partial charge is 0.222 e. The van der Waals surface area contributed by atoms with Crippen LogP contribution >= 0.6 is 0 Å². The molecule has 2 heterocycles. The number of carbonyl (C=O) groups excluding carboxylic acids is 1. The number of hydrogen-bond donors (Lipinski definition) is 0. The zero-order valence-electron chi connectivity index (χ0n) is 15.1.